The Kier molecular flexibility index (Phi) is 4.63. The molecule has 3 nitrogen and oxygen atoms in total. The van der Waals surface area contributed by atoms with E-state index in [0.717, 1.165) is 12.8 Å². The lowest BCUT2D eigenvalue weighted by atomic mass is 9.98. The highest BCUT2D eigenvalue weighted by atomic mass is 16.6. The van der Waals surface area contributed by atoms with E-state index < -0.39 is 0 Å². The van der Waals surface area contributed by atoms with Crippen LogP contribution in [0.4, 0.5) is 0 Å². The van der Waals surface area contributed by atoms with Crippen LogP contribution < -0.4 is 9.47 Å². The van der Waals surface area contributed by atoms with Crippen molar-refractivity contribution >= 4 is 5.97 Å². The van der Waals surface area contributed by atoms with E-state index in [-0.39, 0.29) is 18.5 Å². The number of hydrogen-bond acceptors (Lipinski definition) is 3. The molecule has 2 aromatic carbocycles. The van der Waals surface area contributed by atoms with Crippen LogP contribution in [-0.2, 0) is 11.2 Å². The Morgan fingerprint density at radius 2 is 1.87 bits per heavy atom. The summed E-state index contributed by atoms with van der Waals surface area (Å²) in [5.41, 5.74) is 2.60. The van der Waals surface area contributed by atoms with Gasteiger partial charge in [0.15, 0.2) is 11.5 Å². The standard InChI is InChI=1S/C20H18O3/c1-2-13-22-18-9-5-6-10-19(18)23-20(21)14-16-12-11-15-7-3-4-8-17(15)16/h1,3-10,16H,11-14H2. The number of terminal acetylenes is 1. The smallest absolute Gasteiger partial charge is 0.311 e. The van der Waals surface area contributed by atoms with Crippen molar-refractivity contribution in [3.05, 3.63) is 59.7 Å². The van der Waals surface area contributed by atoms with Crippen molar-refractivity contribution in [2.24, 2.45) is 0 Å². The topological polar surface area (TPSA) is 35.5 Å². The molecule has 1 aliphatic carbocycles. The monoisotopic (exact) mass is 306 g/mol. The van der Waals surface area contributed by atoms with E-state index in [4.69, 9.17) is 15.9 Å². The fourth-order valence-corrected chi connectivity index (χ4v) is 3.00. The Morgan fingerprint density at radius 3 is 2.70 bits per heavy atom. The molecule has 3 rings (SSSR count). The molecule has 0 heterocycles. The third-order valence-electron chi connectivity index (χ3n) is 4.05. The van der Waals surface area contributed by atoms with Crippen molar-refractivity contribution in [1.82, 2.24) is 0 Å². The summed E-state index contributed by atoms with van der Waals surface area (Å²) in [7, 11) is 0. The van der Waals surface area contributed by atoms with Gasteiger partial charge in [0.25, 0.3) is 0 Å². The lowest BCUT2D eigenvalue weighted by molar-refractivity contribution is -0.134. The lowest BCUT2D eigenvalue weighted by Crippen LogP contribution is -2.12. The highest BCUT2D eigenvalue weighted by Crippen LogP contribution is 2.36. The van der Waals surface area contributed by atoms with Crippen molar-refractivity contribution < 1.29 is 14.3 Å². The minimum absolute atomic E-state index is 0.143. The molecule has 0 saturated carbocycles. The van der Waals surface area contributed by atoms with Gasteiger partial charge >= 0.3 is 5.97 Å². The number of benzene rings is 2. The lowest BCUT2D eigenvalue weighted by Gasteiger charge is -2.13. The Morgan fingerprint density at radius 1 is 1.13 bits per heavy atom. The number of carbonyl (C=O) groups excluding carboxylic acids is 1. The second kappa shape index (κ2) is 7.02. The first-order chi connectivity index (χ1) is 11.3. The summed E-state index contributed by atoms with van der Waals surface area (Å²) in [6.45, 7) is 0.143. The minimum Gasteiger partial charge on any atom is -0.477 e. The Hall–Kier alpha value is -2.73. The van der Waals surface area contributed by atoms with Crippen LogP contribution in [0.2, 0.25) is 0 Å². The molecule has 0 radical (unpaired) electrons. The molecule has 0 spiro atoms. The van der Waals surface area contributed by atoms with E-state index in [1.54, 1.807) is 18.2 Å². The van der Waals surface area contributed by atoms with Gasteiger partial charge in [-0.15, -0.1) is 6.42 Å². The normalized spacial score (nSPS) is 15.5. The molecule has 0 aromatic heterocycles. The van der Waals surface area contributed by atoms with Crippen LogP contribution in [0.1, 0.15) is 29.9 Å². The fraction of sp³-hybridized carbons (Fsp3) is 0.250. The van der Waals surface area contributed by atoms with Crippen LogP contribution in [0.15, 0.2) is 48.5 Å². The van der Waals surface area contributed by atoms with E-state index in [1.165, 1.54) is 11.1 Å². The summed E-state index contributed by atoms with van der Waals surface area (Å²) in [5, 5.41) is 0. The average molecular weight is 306 g/mol. The molecule has 0 aliphatic heterocycles. The van der Waals surface area contributed by atoms with E-state index >= 15 is 0 Å². The molecule has 0 amide bonds. The largest absolute Gasteiger partial charge is 0.477 e. The number of fused-ring (bicyclic) bond motifs is 1. The Bertz CT molecular complexity index is 743. The summed E-state index contributed by atoms with van der Waals surface area (Å²) >= 11 is 0. The summed E-state index contributed by atoms with van der Waals surface area (Å²) in [4.78, 5) is 12.3. The van der Waals surface area contributed by atoms with Gasteiger partial charge in [0, 0.05) is 0 Å². The van der Waals surface area contributed by atoms with Gasteiger partial charge in [-0.3, -0.25) is 4.79 Å². The second-order valence-corrected chi connectivity index (χ2v) is 5.55. The van der Waals surface area contributed by atoms with Crippen LogP contribution >= 0.6 is 0 Å². The first-order valence-corrected chi connectivity index (χ1v) is 7.71. The summed E-state index contributed by atoms with van der Waals surface area (Å²) < 4.78 is 10.9. The average Bonchev–Trinajstić information content (AvgIpc) is 2.97. The zero-order valence-corrected chi connectivity index (χ0v) is 12.8. The fourth-order valence-electron chi connectivity index (χ4n) is 3.00. The van der Waals surface area contributed by atoms with Crippen LogP contribution in [0.25, 0.3) is 0 Å². The molecule has 0 fully saturated rings. The number of rotatable bonds is 5. The van der Waals surface area contributed by atoms with Crippen molar-refractivity contribution in [2.75, 3.05) is 6.61 Å². The van der Waals surface area contributed by atoms with E-state index in [2.05, 4.69) is 18.1 Å². The zero-order valence-electron chi connectivity index (χ0n) is 12.8. The molecule has 0 bridgehead atoms. The molecular formula is C20H18O3. The van der Waals surface area contributed by atoms with Gasteiger partial charge in [-0.05, 0) is 42.0 Å². The molecule has 1 atom stereocenters. The third kappa shape index (κ3) is 3.54. The molecule has 23 heavy (non-hydrogen) atoms. The maximum absolute atomic E-state index is 12.3. The van der Waals surface area contributed by atoms with E-state index in [9.17, 15) is 4.79 Å². The molecule has 1 aliphatic rings. The maximum Gasteiger partial charge on any atom is 0.311 e. The molecule has 0 saturated heterocycles. The maximum atomic E-state index is 12.3. The number of esters is 1. The van der Waals surface area contributed by atoms with Crippen LogP contribution in [0, 0.1) is 12.3 Å². The van der Waals surface area contributed by atoms with Gasteiger partial charge in [-0.25, -0.2) is 0 Å². The zero-order chi connectivity index (χ0) is 16.1. The highest BCUT2D eigenvalue weighted by molar-refractivity contribution is 5.74. The quantitative estimate of drug-likeness (QED) is 0.480. The first-order valence-electron chi connectivity index (χ1n) is 7.71. The molecule has 3 heteroatoms. The highest BCUT2D eigenvalue weighted by Gasteiger charge is 2.25. The Labute approximate surface area is 136 Å². The van der Waals surface area contributed by atoms with Crippen LogP contribution in [0.5, 0.6) is 11.5 Å². The molecule has 2 aromatic rings. The van der Waals surface area contributed by atoms with Crippen LogP contribution in [-0.4, -0.2) is 12.6 Å². The molecule has 116 valence electrons. The van der Waals surface area contributed by atoms with Crippen molar-refractivity contribution in [2.45, 2.75) is 25.2 Å². The summed E-state index contributed by atoms with van der Waals surface area (Å²) in [6.07, 6.45) is 7.59. The van der Waals surface area contributed by atoms with Gasteiger partial charge in [-0.1, -0.05) is 42.3 Å². The van der Waals surface area contributed by atoms with Crippen LogP contribution in [0.3, 0.4) is 0 Å². The van der Waals surface area contributed by atoms with E-state index in [1.807, 2.05) is 18.2 Å². The second-order valence-electron chi connectivity index (χ2n) is 5.55. The SMILES string of the molecule is C#CCOc1ccccc1OC(=O)CC1CCc2ccccc21. The number of ether oxygens (including phenoxy) is 2. The predicted octanol–water partition coefficient (Wildman–Crippen LogP) is 3.72. The van der Waals surface area contributed by atoms with Crippen molar-refractivity contribution in [1.29, 1.82) is 0 Å². The first kappa shape index (κ1) is 15.2. The van der Waals surface area contributed by atoms with Gasteiger partial charge in [0.1, 0.15) is 6.61 Å². The van der Waals surface area contributed by atoms with Crippen molar-refractivity contribution in [3.8, 4) is 23.8 Å². The van der Waals surface area contributed by atoms with Gasteiger partial charge < -0.3 is 9.47 Å². The number of carbonyl (C=O) groups is 1. The van der Waals surface area contributed by atoms with Gasteiger partial charge in [0.2, 0.25) is 0 Å². The number of aryl methyl sites for hydroxylation is 1. The minimum atomic E-state index is -0.247. The van der Waals surface area contributed by atoms with Gasteiger partial charge in [0.05, 0.1) is 6.42 Å². The number of para-hydroxylation sites is 2. The molecule has 1 unspecified atom stereocenters. The Balaban J connectivity index is 1.66. The van der Waals surface area contributed by atoms with Gasteiger partial charge in [-0.2, -0.15) is 0 Å². The predicted molar refractivity (Wildman–Crippen MR) is 88.5 cm³/mol. The van der Waals surface area contributed by atoms with Crippen molar-refractivity contribution in [3.63, 3.8) is 0 Å². The summed E-state index contributed by atoms with van der Waals surface area (Å²) in [5.74, 6) is 3.30. The molecule has 0 N–H and O–H groups in total. The number of hydrogen-bond donors (Lipinski definition) is 0. The molecular weight excluding hydrogens is 288 g/mol. The summed E-state index contributed by atoms with van der Waals surface area (Å²) in [6, 6.07) is 15.4. The van der Waals surface area contributed by atoms with E-state index in [0.29, 0.717) is 17.9 Å². The third-order valence-corrected chi connectivity index (χ3v) is 4.05.